The van der Waals surface area contributed by atoms with Gasteiger partial charge in [-0.25, -0.2) is 17.2 Å². The summed E-state index contributed by atoms with van der Waals surface area (Å²) < 4.78 is 67.2. The zero-order chi connectivity index (χ0) is 21.7. The highest BCUT2D eigenvalue weighted by Crippen LogP contribution is 2.56. The van der Waals surface area contributed by atoms with Crippen LogP contribution in [0.1, 0.15) is 25.3 Å². The van der Waals surface area contributed by atoms with E-state index < -0.39 is 44.3 Å². The molecule has 2 aliphatic rings. The minimum absolute atomic E-state index is 0.0100. The van der Waals surface area contributed by atoms with Gasteiger partial charge in [-0.2, -0.15) is 0 Å². The molecule has 5 nitrogen and oxygen atoms in total. The van der Waals surface area contributed by atoms with E-state index in [0.717, 1.165) is 12.1 Å². The summed E-state index contributed by atoms with van der Waals surface area (Å²) in [5.41, 5.74) is -0.312. The van der Waals surface area contributed by atoms with Crippen molar-refractivity contribution >= 4 is 21.4 Å². The molecule has 0 aromatic heterocycles. The third kappa shape index (κ3) is 3.21. The Bertz CT molecular complexity index is 1060. The van der Waals surface area contributed by atoms with E-state index in [1.54, 1.807) is 6.92 Å². The van der Waals surface area contributed by atoms with Crippen LogP contribution in [0, 0.1) is 17.6 Å². The van der Waals surface area contributed by atoms with Crippen molar-refractivity contribution < 1.29 is 31.8 Å². The van der Waals surface area contributed by atoms with Crippen molar-refractivity contribution in [1.29, 1.82) is 0 Å². The summed E-state index contributed by atoms with van der Waals surface area (Å²) in [4.78, 5) is -0.0499. The zero-order valence-corrected chi connectivity index (χ0v) is 17.7. The minimum Gasteiger partial charge on any atom is -0.490 e. The van der Waals surface area contributed by atoms with E-state index in [1.807, 2.05) is 0 Å². The van der Waals surface area contributed by atoms with Crippen molar-refractivity contribution in [2.75, 3.05) is 13.2 Å². The van der Waals surface area contributed by atoms with E-state index in [-0.39, 0.29) is 42.3 Å². The Morgan fingerprint density at radius 2 is 1.87 bits per heavy atom. The molecule has 0 spiro atoms. The van der Waals surface area contributed by atoms with Gasteiger partial charge in [-0.1, -0.05) is 11.6 Å². The van der Waals surface area contributed by atoms with Crippen LogP contribution >= 0.6 is 11.6 Å². The molecule has 0 aliphatic carbocycles. The monoisotopic (exact) mass is 458 g/mol. The number of rotatable bonds is 4. The van der Waals surface area contributed by atoms with Gasteiger partial charge in [0.25, 0.3) is 0 Å². The Morgan fingerprint density at radius 1 is 1.20 bits per heavy atom. The molecule has 0 amide bonds. The number of hydrogen-bond acceptors (Lipinski definition) is 5. The Labute approximate surface area is 178 Å². The molecule has 4 rings (SSSR count). The second-order valence-corrected chi connectivity index (χ2v) is 10.4. The van der Waals surface area contributed by atoms with E-state index >= 15 is 4.39 Å². The fourth-order valence-corrected chi connectivity index (χ4v) is 7.09. The SMILES string of the molecule is CC(O)C[C@H]1OCC[C@]2(S(=O)(=O)c3ccc(Cl)cc3)c3c(F)ccc(F)c3OC[C@H]12. The number of halogens is 3. The quantitative estimate of drug-likeness (QED) is 0.753. The van der Waals surface area contributed by atoms with Gasteiger partial charge in [0.1, 0.15) is 10.6 Å². The topological polar surface area (TPSA) is 72.8 Å². The summed E-state index contributed by atoms with van der Waals surface area (Å²) in [6.07, 6.45) is -1.42. The average molecular weight is 459 g/mol. The van der Waals surface area contributed by atoms with Gasteiger partial charge in [0.2, 0.25) is 0 Å². The van der Waals surface area contributed by atoms with E-state index in [0.29, 0.717) is 5.02 Å². The summed E-state index contributed by atoms with van der Waals surface area (Å²) in [5, 5.41) is 10.3. The minimum atomic E-state index is -4.23. The molecule has 2 aromatic rings. The van der Waals surface area contributed by atoms with Crippen LogP contribution in [-0.4, -0.2) is 38.9 Å². The Kier molecular flexibility index (Phi) is 5.55. The number of ether oxygens (including phenoxy) is 2. The first-order chi connectivity index (χ1) is 14.2. The van der Waals surface area contributed by atoms with Gasteiger partial charge in [-0.05, 0) is 56.2 Å². The Hall–Kier alpha value is -1.74. The van der Waals surface area contributed by atoms with Gasteiger partial charge in [-0.3, -0.25) is 0 Å². The lowest BCUT2D eigenvalue weighted by atomic mass is 9.74. The predicted octanol–water partition coefficient (Wildman–Crippen LogP) is 3.86. The van der Waals surface area contributed by atoms with Crippen LogP contribution in [0.15, 0.2) is 41.3 Å². The summed E-state index contributed by atoms with van der Waals surface area (Å²) >= 11 is 5.92. The second kappa shape index (κ2) is 7.75. The van der Waals surface area contributed by atoms with Crippen molar-refractivity contribution in [2.24, 2.45) is 5.92 Å². The molecule has 30 heavy (non-hydrogen) atoms. The maximum absolute atomic E-state index is 15.1. The third-order valence-electron chi connectivity index (χ3n) is 5.92. The van der Waals surface area contributed by atoms with Crippen LogP contribution in [0.25, 0.3) is 0 Å². The number of fused-ring (bicyclic) bond motifs is 3. The molecule has 4 atom stereocenters. The summed E-state index contributed by atoms with van der Waals surface area (Å²) in [5.74, 6) is -2.91. The number of aliphatic hydroxyl groups is 1. The summed E-state index contributed by atoms with van der Waals surface area (Å²) in [7, 11) is -4.23. The first-order valence-electron chi connectivity index (χ1n) is 9.59. The van der Waals surface area contributed by atoms with Gasteiger partial charge in [0.15, 0.2) is 21.4 Å². The molecule has 0 bridgehead atoms. The highest BCUT2D eigenvalue weighted by atomic mass is 35.5. The lowest BCUT2D eigenvalue weighted by Crippen LogP contribution is -2.58. The number of hydrogen-bond donors (Lipinski definition) is 1. The van der Waals surface area contributed by atoms with E-state index in [9.17, 15) is 17.9 Å². The molecule has 2 heterocycles. The standard InChI is InChI=1S/C21H21ClF2O5S/c1-12(25)10-18-15-11-29-20-17(24)7-6-16(23)19(20)21(15,8-9-28-18)30(26,27)14-4-2-13(22)3-5-14/h2-7,12,15,18,25H,8-11H2,1H3/t12?,15-,18-,21-/m1/s1. The lowest BCUT2D eigenvalue weighted by molar-refractivity contribution is -0.0882. The Balaban J connectivity index is 2.00. The van der Waals surface area contributed by atoms with Gasteiger partial charge >= 0.3 is 0 Å². The van der Waals surface area contributed by atoms with Crippen molar-refractivity contribution in [3.05, 3.63) is 58.6 Å². The molecule has 1 fully saturated rings. The van der Waals surface area contributed by atoms with Crippen LogP contribution in [0.2, 0.25) is 5.02 Å². The fourth-order valence-electron chi connectivity index (χ4n) is 4.62. The molecular formula is C21H21ClF2O5S. The third-order valence-corrected chi connectivity index (χ3v) is 8.73. The van der Waals surface area contributed by atoms with Gasteiger partial charge in [-0.15, -0.1) is 0 Å². The Morgan fingerprint density at radius 3 is 2.53 bits per heavy atom. The van der Waals surface area contributed by atoms with Crippen LogP contribution in [0.3, 0.4) is 0 Å². The van der Waals surface area contributed by atoms with Crippen LogP contribution in [0.5, 0.6) is 5.75 Å². The van der Waals surface area contributed by atoms with E-state index in [2.05, 4.69) is 0 Å². The highest BCUT2D eigenvalue weighted by molar-refractivity contribution is 7.92. The molecule has 2 aliphatic heterocycles. The van der Waals surface area contributed by atoms with E-state index in [1.165, 1.54) is 24.3 Å². The molecular weight excluding hydrogens is 438 g/mol. The van der Waals surface area contributed by atoms with Crippen LogP contribution < -0.4 is 4.74 Å². The molecule has 0 radical (unpaired) electrons. The maximum atomic E-state index is 15.1. The summed E-state index contributed by atoms with van der Waals surface area (Å²) in [6, 6.07) is 7.43. The fraction of sp³-hybridized carbons (Fsp3) is 0.429. The average Bonchev–Trinajstić information content (AvgIpc) is 2.70. The predicted molar refractivity (Wildman–Crippen MR) is 106 cm³/mol. The maximum Gasteiger partial charge on any atom is 0.189 e. The van der Waals surface area contributed by atoms with Crippen molar-refractivity contribution in [3.8, 4) is 5.75 Å². The summed E-state index contributed by atoms with van der Waals surface area (Å²) in [6.45, 7) is 1.39. The van der Waals surface area contributed by atoms with E-state index in [4.69, 9.17) is 21.1 Å². The van der Waals surface area contributed by atoms with Crippen LogP contribution in [-0.2, 0) is 19.3 Å². The van der Waals surface area contributed by atoms with Crippen molar-refractivity contribution in [2.45, 2.75) is 41.6 Å². The normalized spacial score (nSPS) is 27.0. The molecule has 1 unspecified atom stereocenters. The lowest BCUT2D eigenvalue weighted by Gasteiger charge is -2.50. The number of sulfone groups is 1. The zero-order valence-electron chi connectivity index (χ0n) is 16.1. The van der Waals surface area contributed by atoms with Gasteiger partial charge in [0, 0.05) is 17.5 Å². The smallest absolute Gasteiger partial charge is 0.189 e. The molecule has 162 valence electrons. The van der Waals surface area contributed by atoms with Gasteiger partial charge in [0.05, 0.1) is 29.3 Å². The molecule has 2 aromatic carbocycles. The second-order valence-electron chi connectivity index (χ2n) is 7.74. The first kappa shape index (κ1) is 21.5. The number of aliphatic hydroxyl groups excluding tert-OH is 1. The number of benzene rings is 2. The molecule has 9 heteroatoms. The largest absolute Gasteiger partial charge is 0.490 e. The highest BCUT2D eigenvalue weighted by Gasteiger charge is 2.61. The van der Waals surface area contributed by atoms with Crippen molar-refractivity contribution in [1.82, 2.24) is 0 Å². The van der Waals surface area contributed by atoms with Crippen LogP contribution in [0.4, 0.5) is 8.78 Å². The molecule has 1 saturated heterocycles. The molecule has 1 N–H and O–H groups in total. The molecule has 0 saturated carbocycles. The van der Waals surface area contributed by atoms with Crippen molar-refractivity contribution in [3.63, 3.8) is 0 Å². The van der Waals surface area contributed by atoms with Gasteiger partial charge < -0.3 is 14.6 Å². The first-order valence-corrected chi connectivity index (χ1v) is 11.5.